The van der Waals surface area contributed by atoms with E-state index in [0.29, 0.717) is 10.8 Å². The van der Waals surface area contributed by atoms with Crippen LogP contribution in [0.25, 0.3) is 21.7 Å². The van der Waals surface area contributed by atoms with Crippen molar-refractivity contribution in [3.05, 3.63) is 76.3 Å². The van der Waals surface area contributed by atoms with E-state index in [1.54, 1.807) is 30.5 Å². The van der Waals surface area contributed by atoms with Gasteiger partial charge in [-0.1, -0.05) is 36.4 Å². The molecular weight excluding hydrogens is 358 g/mol. The van der Waals surface area contributed by atoms with Gasteiger partial charge in [0.15, 0.2) is 5.69 Å². The third kappa shape index (κ3) is 3.11. The lowest BCUT2D eigenvalue weighted by molar-refractivity contribution is -0.121. The number of nitrogens with one attached hydrogen (secondary N) is 3. The summed E-state index contributed by atoms with van der Waals surface area (Å²) in [6.45, 7) is 0. The lowest BCUT2D eigenvalue weighted by Crippen LogP contribution is -2.43. The first kappa shape index (κ1) is 17.5. The monoisotopic (exact) mass is 375 g/mol. The molecule has 0 bridgehead atoms. The molecule has 0 saturated heterocycles. The summed E-state index contributed by atoms with van der Waals surface area (Å²) in [6.07, 6.45) is 1.87. The maximum absolute atomic E-state index is 12.5. The summed E-state index contributed by atoms with van der Waals surface area (Å²) in [6, 6.07) is 14.4. The van der Waals surface area contributed by atoms with Gasteiger partial charge < -0.3 is 4.98 Å². The minimum Gasteiger partial charge on any atom is -0.361 e. The fourth-order valence-corrected chi connectivity index (χ4v) is 3.15. The normalized spacial score (nSPS) is 10.9. The highest BCUT2D eigenvalue weighted by Crippen LogP contribution is 2.18. The molecule has 0 aliphatic heterocycles. The molecule has 0 aliphatic carbocycles. The maximum Gasteiger partial charge on any atom is 0.290 e. The number of nitrogens with zero attached hydrogens (tertiary/aromatic N) is 2. The Morgan fingerprint density at radius 3 is 2.46 bits per heavy atom. The van der Waals surface area contributed by atoms with Gasteiger partial charge >= 0.3 is 0 Å². The van der Waals surface area contributed by atoms with Crippen LogP contribution in [0.4, 0.5) is 0 Å². The van der Waals surface area contributed by atoms with Crippen molar-refractivity contribution in [1.82, 2.24) is 25.6 Å². The summed E-state index contributed by atoms with van der Waals surface area (Å²) >= 11 is 0. The van der Waals surface area contributed by atoms with Gasteiger partial charge in [0.25, 0.3) is 11.5 Å². The number of hydrazine groups is 1. The van der Waals surface area contributed by atoms with Gasteiger partial charge in [-0.2, -0.15) is 5.10 Å². The highest BCUT2D eigenvalue weighted by atomic mass is 16.2. The summed E-state index contributed by atoms with van der Waals surface area (Å²) in [5.41, 5.74) is 6.31. The van der Waals surface area contributed by atoms with E-state index in [0.717, 1.165) is 21.1 Å². The number of rotatable bonds is 3. The first-order chi connectivity index (χ1) is 13.5. The molecule has 0 radical (unpaired) electrons. The lowest BCUT2D eigenvalue weighted by atomic mass is 10.1. The topological polar surface area (TPSA) is 109 Å². The Bertz CT molecular complexity index is 1270. The first-order valence-corrected chi connectivity index (χ1v) is 8.65. The molecule has 2 aromatic carbocycles. The lowest BCUT2D eigenvalue weighted by Gasteiger charge is -2.10. The van der Waals surface area contributed by atoms with Crippen molar-refractivity contribution in [2.24, 2.45) is 7.05 Å². The minimum atomic E-state index is -0.598. The number of aromatic nitrogens is 3. The average molecular weight is 375 g/mol. The zero-order chi connectivity index (χ0) is 19.7. The first-order valence-electron chi connectivity index (χ1n) is 8.65. The van der Waals surface area contributed by atoms with Gasteiger partial charge in [0.05, 0.1) is 11.8 Å². The van der Waals surface area contributed by atoms with Crippen molar-refractivity contribution in [3.8, 4) is 0 Å². The van der Waals surface area contributed by atoms with Gasteiger partial charge in [-0.05, 0) is 17.7 Å². The molecule has 140 valence electrons. The van der Waals surface area contributed by atoms with Crippen LogP contribution in [-0.2, 0) is 18.3 Å². The number of aromatic amines is 1. The van der Waals surface area contributed by atoms with Gasteiger partial charge in [0, 0.05) is 29.5 Å². The molecule has 2 aromatic heterocycles. The van der Waals surface area contributed by atoms with Crippen LogP contribution >= 0.6 is 0 Å². The van der Waals surface area contributed by atoms with E-state index in [4.69, 9.17) is 0 Å². The molecule has 28 heavy (non-hydrogen) atoms. The molecule has 4 aromatic rings. The minimum absolute atomic E-state index is 0.0603. The van der Waals surface area contributed by atoms with E-state index >= 15 is 0 Å². The highest BCUT2D eigenvalue weighted by molar-refractivity contribution is 6.05. The molecule has 0 spiro atoms. The van der Waals surface area contributed by atoms with Crippen molar-refractivity contribution in [2.75, 3.05) is 0 Å². The molecule has 0 aliphatic rings. The van der Waals surface area contributed by atoms with E-state index in [1.165, 1.54) is 7.05 Å². The van der Waals surface area contributed by atoms with Crippen molar-refractivity contribution in [2.45, 2.75) is 6.42 Å². The van der Waals surface area contributed by atoms with Crippen molar-refractivity contribution in [3.63, 3.8) is 0 Å². The van der Waals surface area contributed by atoms with Crippen LogP contribution in [-0.4, -0.2) is 26.6 Å². The van der Waals surface area contributed by atoms with Crippen LogP contribution in [0.2, 0.25) is 0 Å². The van der Waals surface area contributed by atoms with Gasteiger partial charge in [0.2, 0.25) is 5.91 Å². The van der Waals surface area contributed by atoms with E-state index < -0.39 is 5.91 Å². The maximum atomic E-state index is 12.5. The standard InChI is InChI=1S/C20H17N5O3/c1-25-20(28)15-8-3-2-7-14(15)18(24-25)19(27)23-22-17(26)10-12-11-21-16-9-5-4-6-13(12)16/h2-9,11,21H,10H2,1H3,(H,22,26)(H,23,27). The number of benzene rings is 2. The van der Waals surface area contributed by atoms with E-state index in [2.05, 4.69) is 20.9 Å². The number of carbonyl (C=O) groups is 2. The average Bonchev–Trinajstić information content (AvgIpc) is 3.12. The summed E-state index contributed by atoms with van der Waals surface area (Å²) in [5.74, 6) is -0.966. The zero-order valence-corrected chi connectivity index (χ0v) is 15.0. The Morgan fingerprint density at radius 2 is 1.68 bits per heavy atom. The third-order valence-corrected chi connectivity index (χ3v) is 4.51. The van der Waals surface area contributed by atoms with Crippen LogP contribution in [0.5, 0.6) is 0 Å². The van der Waals surface area contributed by atoms with Crippen LogP contribution in [0, 0.1) is 0 Å². The van der Waals surface area contributed by atoms with Crippen molar-refractivity contribution in [1.29, 1.82) is 0 Å². The number of hydrogen-bond donors (Lipinski definition) is 3. The number of hydrogen-bond acceptors (Lipinski definition) is 4. The Kier molecular flexibility index (Phi) is 4.36. The number of para-hydroxylation sites is 1. The highest BCUT2D eigenvalue weighted by Gasteiger charge is 2.16. The quantitative estimate of drug-likeness (QED) is 0.471. The number of fused-ring (bicyclic) bond motifs is 2. The second kappa shape index (κ2) is 6.99. The van der Waals surface area contributed by atoms with Gasteiger partial charge in [-0.25, -0.2) is 4.68 Å². The summed E-state index contributed by atoms with van der Waals surface area (Å²) in [5, 5.41) is 5.79. The molecule has 8 heteroatoms. The molecular formula is C20H17N5O3. The van der Waals surface area contributed by atoms with Crippen LogP contribution in [0.15, 0.2) is 59.5 Å². The van der Waals surface area contributed by atoms with E-state index in [-0.39, 0.29) is 23.6 Å². The Morgan fingerprint density at radius 1 is 1.00 bits per heavy atom. The molecule has 3 N–H and O–H groups in total. The van der Waals surface area contributed by atoms with Crippen molar-refractivity contribution < 1.29 is 9.59 Å². The fraction of sp³-hybridized carbons (Fsp3) is 0.100. The van der Waals surface area contributed by atoms with Crippen LogP contribution in [0.1, 0.15) is 16.1 Å². The Hall–Kier alpha value is -3.94. The van der Waals surface area contributed by atoms with Gasteiger partial charge in [-0.15, -0.1) is 0 Å². The molecule has 8 nitrogen and oxygen atoms in total. The SMILES string of the molecule is Cn1nc(C(=O)NNC(=O)Cc2c[nH]c3ccccc23)c2ccccc2c1=O. The summed E-state index contributed by atoms with van der Waals surface area (Å²) in [7, 11) is 1.47. The van der Waals surface area contributed by atoms with Gasteiger partial charge in [-0.3, -0.25) is 25.2 Å². The molecule has 0 saturated carbocycles. The number of carbonyl (C=O) groups excluding carboxylic acids is 2. The molecule has 2 heterocycles. The Balaban J connectivity index is 1.50. The number of H-pyrrole nitrogens is 1. The third-order valence-electron chi connectivity index (χ3n) is 4.51. The number of amides is 2. The molecule has 0 atom stereocenters. The predicted molar refractivity (Wildman–Crippen MR) is 105 cm³/mol. The van der Waals surface area contributed by atoms with Crippen LogP contribution in [0.3, 0.4) is 0 Å². The Labute approximate surface area is 159 Å². The smallest absolute Gasteiger partial charge is 0.290 e. The summed E-state index contributed by atoms with van der Waals surface area (Å²) < 4.78 is 1.10. The largest absolute Gasteiger partial charge is 0.361 e. The summed E-state index contributed by atoms with van der Waals surface area (Å²) in [4.78, 5) is 40.0. The van der Waals surface area contributed by atoms with Crippen LogP contribution < -0.4 is 16.4 Å². The molecule has 2 amide bonds. The zero-order valence-electron chi connectivity index (χ0n) is 15.0. The second-order valence-electron chi connectivity index (χ2n) is 6.36. The molecule has 0 fully saturated rings. The molecule has 0 unspecified atom stereocenters. The number of aryl methyl sites for hydroxylation is 1. The fourth-order valence-electron chi connectivity index (χ4n) is 3.15. The van der Waals surface area contributed by atoms with Crippen molar-refractivity contribution >= 4 is 33.5 Å². The molecule has 4 rings (SSSR count). The van der Waals surface area contributed by atoms with Gasteiger partial charge in [0.1, 0.15) is 0 Å². The van der Waals surface area contributed by atoms with E-state index in [9.17, 15) is 14.4 Å². The van der Waals surface area contributed by atoms with E-state index in [1.807, 2.05) is 24.3 Å². The second-order valence-corrected chi connectivity index (χ2v) is 6.36. The predicted octanol–water partition coefficient (Wildman–Crippen LogP) is 1.42.